The van der Waals surface area contributed by atoms with Gasteiger partial charge in [0.1, 0.15) is 23.8 Å². The molecular formula is C25H30N2O8. The van der Waals surface area contributed by atoms with E-state index in [2.05, 4.69) is 4.98 Å². The van der Waals surface area contributed by atoms with Crippen molar-refractivity contribution >= 4 is 18.0 Å². The number of carbonyl (C=O) groups is 3. The van der Waals surface area contributed by atoms with E-state index in [0.717, 1.165) is 11.3 Å². The minimum absolute atomic E-state index is 0.180. The lowest BCUT2D eigenvalue weighted by molar-refractivity contribution is -0.160. The summed E-state index contributed by atoms with van der Waals surface area (Å²) < 4.78 is 26.3. The Morgan fingerprint density at radius 2 is 1.83 bits per heavy atom. The average Bonchev–Trinajstić information content (AvgIpc) is 2.85. The van der Waals surface area contributed by atoms with Crippen LogP contribution in [0.4, 0.5) is 4.79 Å². The van der Waals surface area contributed by atoms with Gasteiger partial charge >= 0.3 is 18.0 Å². The molecule has 3 rings (SSSR count). The first-order valence-corrected chi connectivity index (χ1v) is 11.0. The van der Waals surface area contributed by atoms with Crippen molar-refractivity contribution in [1.29, 1.82) is 0 Å². The number of benzene rings is 1. The maximum absolute atomic E-state index is 12.9. The first-order chi connectivity index (χ1) is 16.6. The number of esters is 2. The summed E-state index contributed by atoms with van der Waals surface area (Å²) in [5.74, 6) is -0.121. The van der Waals surface area contributed by atoms with E-state index in [1.807, 2.05) is 25.1 Å². The van der Waals surface area contributed by atoms with Gasteiger partial charge in [-0.2, -0.15) is 0 Å². The van der Waals surface area contributed by atoms with Crippen molar-refractivity contribution in [3.63, 3.8) is 0 Å². The fraction of sp³-hybridized carbons (Fsp3) is 0.440. The summed E-state index contributed by atoms with van der Waals surface area (Å²) in [5.41, 5.74) is 1.42. The molecule has 1 aliphatic heterocycles. The van der Waals surface area contributed by atoms with E-state index in [4.69, 9.17) is 23.7 Å². The Hall–Kier alpha value is -3.82. The number of hydrogen-bond acceptors (Lipinski definition) is 9. The summed E-state index contributed by atoms with van der Waals surface area (Å²) in [6.07, 6.45) is -0.376. The summed E-state index contributed by atoms with van der Waals surface area (Å²) in [5, 5.41) is 0. The molecule has 0 N–H and O–H groups in total. The van der Waals surface area contributed by atoms with Crippen LogP contribution in [-0.2, 0) is 36.8 Å². The van der Waals surface area contributed by atoms with Crippen molar-refractivity contribution in [2.75, 3.05) is 27.9 Å². The molecule has 10 heteroatoms. The van der Waals surface area contributed by atoms with Gasteiger partial charge in [0.2, 0.25) is 5.60 Å². The molecule has 0 aliphatic carbocycles. The molecule has 1 amide bonds. The highest BCUT2D eigenvalue weighted by molar-refractivity contribution is 5.86. The zero-order valence-electron chi connectivity index (χ0n) is 20.7. The van der Waals surface area contributed by atoms with Gasteiger partial charge in [0.15, 0.2) is 6.04 Å². The fourth-order valence-corrected chi connectivity index (χ4v) is 3.86. The van der Waals surface area contributed by atoms with Gasteiger partial charge in [-0.3, -0.25) is 9.88 Å². The number of pyridine rings is 1. The van der Waals surface area contributed by atoms with Gasteiger partial charge in [-0.25, -0.2) is 14.4 Å². The predicted octanol–water partition coefficient (Wildman–Crippen LogP) is 3.14. The van der Waals surface area contributed by atoms with Crippen LogP contribution in [0.15, 0.2) is 30.3 Å². The number of carbonyl (C=O) groups excluding carboxylic acids is 3. The number of aromatic nitrogens is 1. The van der Waals surface area contributed by atoms with E-state index in [1.54, 1.807) is 19.2 Å². The lowest BCUT2D eigenvalue weighted by atomic mass is 9.92. The van der Waals surface area contributed by atoms with E-state index >= 15 is 0 Å². The standard InChI is InChI=1S/C25H30N2O8/c1-15-7-10-20(31-4)19(26-15)14-34-17-8-9-18-16(13-17)11-12-27(21(18)22(28)32-5)24(30)35-25(2,3)23(29)33-6/h7-10,13,21H,11-12,14H2,1-6H3/t21-/m1/s1. The maximum Gasteiger partial charge on any atom is 0.411 e. The SMILES string of the molecule is COC(=O)[C@H]1c2ccc(OCc3nc(C)ccc3OC)cc2CCN1C(=O)OC(C)(C)C(=O)OC. The largest absolute Gasteiger partial charge is 0.495 e. The highest BCUT2D eigenvalue weighted by Crippen LogP contribution is 2.34. The molecule has 0 radical (unpaired) electrons. The fourth-order valence-electron chi connectivity index (χ4n) is 3.86. The molecule has 1 aromatic carbocycles. The Kier molecular flexibility index (Phi) is 7.83. The van der Waals surface area contributed by atoms with Crippen molar-refractivity contribution in [3.05, 3.63) is 52.8 Å². The number of hydrogen-bond donors (Lipinski definition) is 0. The zero-order chi connectivity index (χ0) is 25.8. The lowest BCUT2D eigenvalue weighted by Crippen LogP contribution is -2.48. The van der Waals surface area contributed by atoms with E-state index in [1.165, 1.54) is 33.0 Å². The number of ether oxygens (including phenoxy) is 5. The normalized spacial score (nSPS) is 15.0. The van der Waals surface area contributed by atoms with Crippen LogP contribution in [-0.4, -0.2) is 61.4 Å². The first-order valence-electron chi connectivity index (χ1n) is 11.0. The van der Waals surface area contributed by atoms with Gasteiger partial charge in [0, 0.05) is 12.2 Å². The molecule has 1 aliphatic rings. The van der Waals surface area contributed by atoms with Crippen LogP contribution in [0.2, 0.25) is 0 Å². The molecule has 0 spiro atoms. The molecule has 0 saturated carbocycles. The molecule has 1 atom stereocenters. The minimum Gasteiger partial charge on any atom is -0.495 e. The van der Waals surface area contributed by atoms with E-state index < -0.39 is 29.7 Å². The Morgan fingerprint density at radius 3 is 2.49 bits per heavy atom. The molecule has 35 heavy (non-hydrogen) atoms. The quantitative estimate of drug-likeness (QED) is 0.430. The molecule has 2 heterocycles. The number of fused-ring (bicyclic) bond motifs is 1. The van der Waals surface area contributed by atoms with Crippen LogP contribution in [0.25, 0.3) is 0 Å². The van der Waals surface area contributed by atoms with Crippen LogP contribution in [0.1, 0.15) is 42.4 Å². The van der Waals surface area contributed by atoms with Crippen LogP contribution < -0.4 is 9.47 Å². The van der Waals surface area contributed by atoms with E-state index in [0.29, 0.717) is 29.2 Å². The van der Waals surface area contributed by atoms with Gasteiger partial charge in [-0.05, 0) is 62.6 Å². The van der Waals surface area contributed by atoms with Crippen molar-refractivity contribution in [3.8, 4) is 11.5 Å². The van der Waals surface area contributed by atoms with Crippen LogP contribution in [0.5, 0.6) is 11.5 Å². The Bertz CT molecular complexity index is 1110. The van der Waals surface area contributed by atoms with Crippen molar-refractivity contribution in [1.82, 2.24) is 9.88 Å². The highest BCUT2D eigenvalue weighted by Gasteiger charge is 2.41. The van der Waals surface area contributed by atoms with Gasteiger partial charge in [-0.1, -0.05) is 6.07 Å². The number of rotatable bonds is 7. The molecule has 10 nitrogen and oxygen atoms in total. The molecule has 2 aromatic rings. The molecule has 0 saturated heterocycles. The molecular weight excluding hydrogens is 456 g/mol. The molecule has 0 unspecified atom stereocenters. The van der Waals surface area contributed by atoms with Gasteiger partial charge < -0.3 is 23.7 Å². The molecule has 188 valence electrons. The monoisotopic (exact) mass is 486 g/mol. The average molecular weight is 487 g/mol. The smallest absolute Gasteiger partial charge is 0.411 e. The summed E-state index contributed by atoms with van der Waals surface area (Å²) in [4.78, 5) is 43.3. The van der Waals surface area contributed by atoms with E-state index in [-0.39, 0.29) is 13.2 Å². The second-order valence-electron chi connectivity index (χ2n) is 8.49. The minimum atomic E-state index is -1.52. The van der Waals surface area contributed by atoms with Gasteiger partial charge in [-0.15, -0.1) is 0 Å². The number of nitrogens with zero attached hydrogens (tertiary/aromatic N) is 2. The van der Waals surface area contributed by atoms with Crippen molar-refractivity contribution in [2.45, 2.75) is 45.4 Å². The summed E-state index contributed by atoms with van der Waals surface area (Å²) in [7, 11) is 4.03. The highest BCUT2D eigenvalue weighted by atomic mass is 16.6. The first kappa shape index (κ1) is 25.8. The third-order valence-electron chi connectivity index (χ3n) is 5.69. The lowest BCUT2D eigenvalue weighted by Gasteiger charge is -2.36. The Labute approximate surface area is 204 Å². The van der Waals surface area contributed by atoms with Crippen LogP contribution in [0, 0.1) is 6.92 Å². The molecule has 1 aromatic heterocycles. The number of amides is 1. The topological polar surface area (TPSA) is 113 Å². The van der Waals surface area contributed by atoms with Crippen LogP contribution >= 0.6 is 0 Å². The number of aryl methyl sites for hydroxylation is 1. The summed E-state index contributed by atoms with van der Waals surface area (Å²) in [6, 6.07) is 7.93. The molecule has 0 bridgehead atoms. The summed E-state index contributed by atoms with van der Waals surface area (Å²) in [6.45, 7) is 5.11. The Balaban J connectivity index is 1.82. The third-order valence-corrected chi connectivity index (χ3v) is 5.69. The molecule has 0 fully saturated rings. The van der Waals surface area contributed by atoms with Crippen molar-refractivity contribution in [2.24, 2.45) is 0 Å². The summed E-state index contributed by atoms with van der Waals surface area (Å²) >= 11 is 0. The van der Waals surface area contributed by atoms with Crippen molar-refractivity contribution < 1.29 is 38.1 Å². The van der Waals surface area contributed by atoms with E-state index in [9.17, 15) is 14.4 Å². The second-order valence-corrected chi connectivity index (χ2v) is 8.49. The zero-order valence-corrected chi connectivity index (χ0v) is 20.7. The van der Waals surface area contributed by atoms with Gasteiger partial charge in [0.25, 0.3) is 0 Å². The Morgan fingerprint density at radius 1 is 1.09 bits per heavy atom. The maximum atomic E-state index is 12.9. The number of methoxy groups -OCH3 is 3. The third kappa shape index (κ3) is 5.64. The predicted molar refractivity (Wildman–Crippen MR) is 124 cm³/mol. The van der Waals surface area contributed by atoms with Crippen LogP contribution in [0.3, 0.4) is 0 Å². The second kappa shape index (κ2) is 10.6. The van der Waals surface area contributed by atoms with Gasteiger partial charge in [0.05, 0.1) is 21.3 Å².